The van der Waals surface area contributed by atoms with Crippen LogP contribution in [0.3, 0.4) is 0 Å². The van der Waals surface area contributed by atoms with Crippen molar-refractivity contribution in [3.05, 3.63) is 53.9 Å². The number of nitrogens with zero attached hydrogens (tertiary/aromatic N) is 2. The summed E-state index contributed by atoms with van der Waals surface area (Å²) in [6, 6.07) is 5.98. The van der Waals surface area contributed by atoms with Crippen LogP contribution in [0.25, 0.3) is 27.7 Å². The Morgan fingerprint density at radius 3 is 2.62 bits per heavy atom. The molecule has 1 aliphatic carbocycles. The Morgan fingerprint density at radius 2 is 1.91 bits per heavy atom. The van der Waals surface area contributed by atoms with Gasteiger partial charge in [-0.3, -0.25) is 0 Å². The van der Waals surface area contributed by atoms with Gasteiger partial charge in [-0.05, 0) is 62.4 Å². The average Bonchev–Trinajstić information content (AvgIpc) is 3.46. The Labute approximate surface area is 196 Å². The highest BCUT2D eigenvalue weighted by atomic mass is 19.2. The molecule has 2 aliphatic rings. The van der Waals surface area contributed by atoms with E-state index in [0.717, 1.165) is 29.6 Å². The van der Waals surface area contributed by atoms with Gasteiger partial charge < -0.3 is 19.4 Å². The van der Waals surface area contributed by atoms with Gasteiger partial charge in [0.1, 0.15) is 17.0 Å². The third kappa shape index (κ3) is 4.02. The molecule has 2 atom stereocenters. The lowest BCUT2D eigenvalue weighted by molar-refractivity contribution is 0.0285. The van der Waals surface area contributed by atoms with E-state index in [2.05, 4.69) is 16.0 Å². The number of carbonyl (C=O) groups is 1. The summed E-state index contributed by atoms with van der Waals surface area (Å²) >= 11 is 0. The molecule has 5 rings (SSSR count). The maximum Gasteiger partial charge on any atom is 0.410 e. The minimum atomic E-state index is -0.955. The molecule has 34 heavy (non-hydrogen) atoms. The number of halogens is 2. The number of allylic oxidation sites excluding steroid dienone is 1. The van der Waals surface area contributed by atoms with E-state index in [9.17, 15) is 13.6 Å². The number of methoxy groups -OCH3 is 1. The number of hydrogen-bond acceptors (Lipinski definition) is 4. The normalized spacial score (nSPS) is 19.9. The van der Waals surface area contributed by atoms with Crippen molar-refractivity contribution in [2.75, 3.05) is 20.2 Å². The van der Waals surface area contributed by atoms with Crippen molar-refractivity contribution in [1.82, 2.24) is 14.9 Å². The number of pyridine rings is 1. The fourth-order valence-corrected chi connectivity index (χ4v) is 4.93. The lowest BCUT2D eigenvalue weighted by Gasteiger charge is -2.24. The fourth-order valence-electron chi connectivity index (χ4n) is 4.93. The Morgan fingerprint density at radius 1 is 1.15 bits per heavy atom. The van der Waals surface area contributed by atoms with Gasteiger partial charge in [0.25, 0.3) is 0 Å². The minimum Gasteiger partial charge on any atom is -0.496 e. The first kappa shape index (κ1) is 22.4. The molecular formula is C26H27F2N3O3. The fraction of sp³-hybridized carbons (Fsp3) is 0.385. The smallest absolute Gasteiger partial charge is 0.410 e. The Kier molecular flexibility index (Phi) is 5.34. The van der Waals surface area contributed by atoms with Gasteiger partial charge in [0.05, 0.1) is 7.11 Å². The lowest BCUT2D eigenvalue weighted by atomic mass is 9.99. The van der Waals surface area contributed by atoms with E-state index < -0.39 is 17.2 Å². The van der Waals surface area contributed by atoms with Crippen molar-refractivity contribution < 1.29 is 23.0 Å². The van der Waals surface area contributed by atoms with E-state index in [1.54, 1.807) is 17.2 Å². The SMILES string of the molecule is COc1cc(F)c(F)cc1-c1ccnc2[nH]c(C3=CC4CN(C(=O)OC(C)(C)C)CC4C3)cc12. The summed E-state index contributed by atoms with van der Waals surface area (Å²) in [5, 5.41) is 0.801. The van der Waals surface area contributed by atoms with E-state index >= 15 is 0 Å². The number of H-pyrrole nitrogens is 1. The minimum absolute atomic E-state index is 0.256. The molecular weight excluding hydrogens is 440 g/mol. The van der Waals surface area contributed by atoms with E-state index in [0.29, 0.717) is 35.8 Å². The zero-order chi connectivity index (χ0) is 24.2. The molecule has 8 heteroatoms. The van der Waals surface area contributed by atoms with Crippen LogP contribution in [0.2, 0.25) is 0 Å². The Hall–Kier alpha value is -3.42. The molecule has 1 fully saturated rings. The Balaban J connectivity index is 1.43. The first-order chi connectivity index (χ1) is 16.1. The quantitative estimate of drug-likeness (QED) is 0.530. The van der Waals surface area contributed by atoms with Crippen LogP contribution in [0.15, 0.2) is 36.5 Å². The van der Waals surface area contributed by atoms with Gasteiger partial charge in [-0.1, -0.05) is 6.08 Å². The zero-order valence-corrected chi connectivity index (χ0v) is 19.6. The third-order valence-electron chi connectivity index (χ3n) is 6.45. The van der Waals surface area contributed by atoms with Gasteiger partial charge in [-0.25, -0.2) is 18.6 Å². The van der Waals surface area contributed by atoms with Crippen LogP contribution in [0, 0.1) is 23.5 Å². The number of amides is 1. The number of aromatic amines is 1. The van der Waals surface area contributed by atoms with Crippen LogP contribution in [0.4, 0.5) is 13.6 Å². The van der Waals surface area contributed by atoms with Crippen LogP contribution < -0.4 is 4.74 Å². The number of ether oxygens (including phenoxy) is 2. The van der Waals surface area contributed by atoms with Crippen LogP contribution in [-0.2, 0) is 4.74 Å². The topological polar surface area (TPSA) is 67.5 Å². The highest BCUT2D eigenvalue weighted by Gasteiger charge is 2.40. The van der Waals surface area contributed by atoms with Crippen molar-refractivity contribution in [2.45, 2.75) is 32.8 Å². The number of rotatable bonds is 3. The standard InChI is InChI=1S/C26H27F2N3O3/c1-26(2,3)34-25(32)31-12-15-7-14(8-16(15)13-31)22-10-19-17(5-6-29-24(19)30-22)18-9-20(27)21(28)11-23(18)33-4/h5-7,9-11,15-16H,8,12-13H2,1-4H3,(H,29,30). The number of aromatic nitrogens is 2. The monoisotopic (exact) mass is 467 g/mol. The molecule has 1 saturated heterocycles. The predicted octanol–water partition coefficient (Wildman–Crippen LogP) is 5.79. The molecule has 1 N–H and O–H groups in total. The molecule has 0 saturated carbocycles. The molecule has 3 aromatic rings. The molecule has 1 aliphatic heterocycles. The number of likely N-dealkylation sites (tertiary alicyclic amines) is 1. The highest BCUT2D eigenvalue weighted by molar-refractivity contribution is 5.97. The summed E-state index contributed by atoms with van der Waals surface area (Å²) in [4.78, 5) is 22.0. The third-order valence-corrected chi connectivity index (χ3v) is 6.45. The van der Waals surface area contributed by atoms with Crippen LogP contribution >= 0.6 is 0 Å². The maximum atomic E-state index is 14.0. The number of carbonyl (C=O) groups excluding carboxylic acids is 1. The first-order valence-corrected chi connectivity index (χ1v) is 11.3. The van der Waals surface area contributed by atoms with Crippen LogP contribution in [-0.4, -0.2) is 46.8 Å². The number of benzene rings is 1. The van der Waals surface area contributed by atoms with E-state index in [1.807, 2.05) is 26.8 Å². The second-order valence-corrected chi connectivity index (χ2v) is 9.98. The molecule has 2 unspecified atom stereocenters. The maximum absolute atomic E-state index is 14.0. The summed E-state index contributed by atoms with van der Waals surface area (Å²) < 4.78 is 38.6. The van der Waals surface area contributed by atoms with Gasteiger partial charge in [0.2, 0.25) is 0 Å². The molecule has 6 nitrogen and oxygen atoms in total. The summed E-state index contributed by atoms with van der Waals surface area (Å²) in [5.74, 6) is -1.02. The molecule has 178 valence electrons. The van der Waals surface area contributed by atoms with Gasteiger partial charge in [0.15, 0.2) is 11.6 Å². The second-order valence-electron chi connectivity index (χ2n) is 9.98. The van der Waals surface area contributed by atoms with Gasteiger partial charge in [-0.2, -0.15) is 0 Å². The Bertz CT molecular complexity index is 1310. The van der Waals surface area contributed by atoms with Crippen molar-refractivity contribution in [1.29, 1.82) is 0 Å². The van der Waals surface area contributed by atoms with Gasteiger partial charge in [-0.15, -0.1) is 0 Å². The zero-order valence-electron chi connectivity index (χ0n) is 19.6. The molecule has 3 heterocycles. The molecule has 0 spiro atoms. The van der Waals surface area contributed by atoms with E-state index in [4.69, 9.17) is 9.47 Å². The molecule has 0 bridgehead atoms. The average molecular weight is 468 g/mol. The van der Waals surface area contributed by atoms with Gasteiger partial charge in [0, 0.05) is 47.9 Å². The predicted molar refractivity (Wildman–Crippen MR) is 125 cm³/mol. The summed E-state index contributed by atoms with van der Waals surface area (Å²) in [5.41, 5.74) is 3.42. The van der Waals surface area contributed by atoms with Gasteiger partial charge >= 0.3 is 6.09 Å². The number of hydrogen-bond donors (Lipinski definition) is 1. The molecule has 1 aromatic carbocycles. The molecule has 1 amide bonds. The lowest BCUT2D eigenvalue weighted by Crippen LogP contribution is -2.35. The van der Waals surface area contributed by atoms with E-state index in [-0.39, 0.29) is 17.8 Å². The summed E-state index contributed by atoms with van der Waals surface area (Å²) in [6.45, 7) is 6.91. The molecule has 0 radical (unpaired) electrons. The summed E-state index contributed by atoms with van der Waals surface area (Å²) in [7, 11) is 1.43. The number of nitrogens with one attached hydrogen (secondary N) is 1. The van der Waals surface area contributed by atoms with Crippen molar-refractivity contribution in [2.24, 2.45) is 11.8 Å². The van der Waals surface area contributed by atoms with E-state index in [1.165, 1.54) is 12.7 Å². The van der Waals surface area contributed by atoms with Crippen molar-refractivity contribution in [3.63, 3.8) is 0 Å². The summed E-state index contributed by atoms with van der Waals surface area (Å²) in [6.07, 6.45) is 4.42. The first-order valence-electron chi connectivity index (χ1n) is 11.3. The largest absolute Gasteiger partial charge is 0.496 e. The molecule has 2 aromatic heterocycles. The highest BCUT2D eigenvalue weighted by Crippen LogP contribution is 2.43. The van der Waals surface area contributed by atoms with Crippen LogP contribution in [0.1, 0.15) is 32.9 Å². The van der Waals surface area contributed by atoms with Crippen LogP contribution in [0.5, 0.6) is 5.75 Å². The van der Waals surface area contributed by atoms with Crippen molar-refractivity contribution >= 4 is 22.7 Å². The second kappa shape index (κ2) is 8.11. The number of fused-ring (bicyclic) bond motifs is 2. The van der Waals surface area contributed by atoms with Crippen molar-refractivity contribution in [3.8, 4) is 16.9 Å².